The van der Waals surface area contributed by atoms with Gasteiger partial charge in [-0.3, -0.25) is 4.79 Å². The van der Waals surface area contributed by atoms with Crippen LogP contribution in [-0.2, 0) is 14.3 Å². The van der Waals surface area contributed by atoms with Crippen LogP contribution in [0.25, 0.3) is 0 Å². The number of aliphatic hydroxyl groups is 2. The zero-order valence-electron chi connectivity index (χ0n) is 10.2. The van der Waals surface area contributed by atoms with E-state index in [4.69, 9.17) is 9.47 Å². The number of aliphatic hydroxyl groups excluding tert-OH is 2. The quantitative estimate of drug-likeness (QED) is 0.534. The van der Waals surface area contributed by atoms with E-state index >= 15 is 0 Å². The second kappa shape index (κ2) is 4.92. The Balaban J connectivity index is 1.83. The van der Waals surface area contributed by atoms with Crippen molar-refractivity contribution in [1.29, 1.82) is 0 Å². The standard InChI is InChI=1S/C12H20O5/c1-3-4-7(13)10-11(17-10)9(14)8-5-6(2)12(15)16-8/h6-11,13-14H,3-5H2,1-2H3. The average molecular weight is 244 g/mol. The van der Waals surface area contributed by atoms with Crippen LogP contribution in [0.4, 0.5) is 0 Å². The maximum absolute atomic E-state index is 11.2. The number of rotatable bonds is 5. The van der Waals surface area contributed by atoms with Gasteiger partial charge in [-0.1, -0.05) is 20.3 Å². The van der Waals surface area contributed by atoms with E-state index in [9.17, 15) is 15.0 Å². The third-order valence-corrected chi connectivity index (χ3v) is 3.50. The Hall–Kier alpha value is -0.650. The van der Waals surface area contributed by atoms with Crippen molar-refractivity contribution < 1.29 is 24.5 Å². The predicted molar refractivity (Wildman–Crippen MR) is 59.2 cm³/mol. The molecule has 2 aliphatic heterocycles. The molecular weight excluding hydrogens is 224 g/mol. The fourth-order valence-corrected chi connectivity index (χ4v) is 2.36. The Labute approximate surface area is 101 Å². The molecule has 2 N–H and O–H groups in total. The number of esters is 1. The van der Waals surface area contributed by atoms with Gasteiger partial charge in [-0.05, 0) is 6.42 Å². The lowest BCUT2D eigenvalue weighted by Crippen LogP contribution is -2.34. The molecule has 2 fully saturated rings. The van der Waals surface area contributed by atoms with E-state index < -0.39 is 18.3 Å². The summed E-state index contributed by atoms with van der Waals surface area (Å²) in [6.45, 7) is 3.77. The van der Waals surface area contributed by atoms with Crippen LogP contribution < -0.4 is 0 Å². The molecule has 98 valence electrons. The fourth-order valence-electron chi connectivity index (χ4n) is 2.36. The Morgan fingerprint density at radius 1 is 1.41 bits per heavy atom. The lowest BCUT2D eigenvalue weighted by Gasteiger charge is -2.15. The van der Waals surface area contributed by atoms with Gasteiger partial charge in [-0.15, -0.1) is 0 Å². The molecule has 0 aromatic rings. The highest BCUT2D eigenvalue weighted by Gasteiger charge is 2.53. The molecule has 0 aromatic carbocycles. The molecule has 0 aliphatic carbocycles. The molecule has 6 unspecified atom stereocenters. The third kappa shape index (κ3) is 2.61. The lowest BCUT2D eigenvalue weighted by molar-refractivity contribution is -0.147. The first-order valence-corrected chi connectivity index (χ1v) is 6.26. The first-order valence-electron chi connectivity index (χ1n) is 6.26. The summed E-state index contributed by atoms with van der Waals surface area (Å²) in [5, 5.41) is 19.7. The largest absolute Gasteiger partial charge is 0.459 e. The van der Waals surface area contributed by atoms with Gasteiger partial charge in [-0.25, -0.2) is 0 Å². The minimum absolute atomic E-state index is 0.160. The number of hydrogen-bond acceptors (Lipinski definition) is 5. The summed E-state index contributed by atoms with van der Waals surface area (Å²) in [7, 11) is 0. The molecule has 2 aliphatic rings. The maximum Gasteiger partial charge on any atom is 0.309 e. The molecule has 0 amide bonds. The molecule has 5 nitrogen and oxygen atoms in total. The van der Waals surface area contributed by atoms with Crippen molar-refractivity contribution in [2.45, 2.75) is 63.6 Å². The third-order valence-electron chi connectivity index (χ3n) is 3.50. The van der Waals surface area contributed by atoms with Gasteiger partial charge in [0.15, 0.2) is 0 Å². The van der Waals surface area contributed by atoms with Crippen molar-refractivity contribution in [2.75, 3.05) is 0 Å². The van der Waals surface area contributed by atoms with Crippen LogP contribution in [0.3, 0.4) is 0 Å². The smallest absolute Gasteiger partial charge is 0.309 e. The zero-order chi connectivity index (χ0) is 12.6. The van der Waals surface area contributed by atoms with Crippen molar-refractivity contribution in [1.82, 2.24) is 0 Å². The number of carbonyl (C=O) groups is 1. The second-order valence-corrected chi connectivity index (χ2v) is 5.02. The normalized spacial score (nSPS) is 39.9. The van der Waals surface area contributed by atoms with Crippen molar-refractivity contribution in [3.8, 4) is 0 Å². The van der Waals surface area contributed by atoms with Gasteiger partial charge in [0, 0.05) is 6.42 Å². The van der Waals surface area contributed by atoms with Crippen LogP contribution in [0.5, 0.6) is 0 Å². The molecule has 2 rings (SSSR count). The van der Waals surface area contributed by atoms with Crippen molar-refractivity contribution in [2.24, 2.45) is 5.92 Å². The molecule has 2 saturated heterocycles. The van der Waals surface area contributed by atoms with E-state index in [1.165, 1.54) is 0 Å². The van der Waals surface area contributed by atoms with Gasteiger partial charge in [0.1, 0.15) is 24.4 Å². The highest BCUT2D eigenvalue weighted by molar-refractivity contribution is 5.74. The molecule has 0 bridgehead atoms. The second-order valence-electron chi connectivity index (χ2n) is 5.02. The Bertz CT molecular complexity index is 293. The number of hydrogen-bond donors (Lipinski definition) is 2. The van der Waals surface area contributed by atoms with E-state index in [2.05, 4.69) is 0 Å². The van der Waals surface area contributed by atoms with Gasteiger partial charge in [0.05, 0.1) is 12.0 Å². The highest BCUT2D eigenvalue weighted by atomic mass is 16.6. The lowest BCUT2D eigenvalue weighted by atomic mass is 9.99. The SMILES string of the molecule is CCCC(O)C1OC1C(O)C1CC(C)C(=O)O1. The van der Waals surface area contributed by atoms with Crippen LogP contribution in [0.1, 0.15) is 33.1 Å². The van der Waals surface area contributed by atoms with E-state index in [0.717, 1.165) is 6.42 Å². The van der Waals surface area contributed by atoms with Crippen LogP contribution in [-0.4, -0.2) is 46.7 Å². The number of cyclic esters (lactones) is 1. The molecule has 0 saturated carbocycles. The summed E-state index contributed by atoms with van der Waals surface area (Å²) in [6, 6.07) is 0. The highest BCUT2D eigenvalue weighted by Crippen LogP contribution is 2.35. The van der Waals surface area contributed by atoms with Gasteiger partial charge in [-0.2, -0.15) is 0 Å². The van der Waals surface area contributed by atoms with Crippen LogP contribution in [0.2, 0.25) is 0 Å². The predicted octanol–water partition coefficient (Wildman–Crippen LogP) is 0.227. The Morgan fingerprint density at radius 2 is 2.12 bits per heavy atom. The minimum Gasteiger partial charge on any atom is -0.459 e. The van der Waals surface area contributed by atoms with Crippen molar-refractivity contribution in [3.05, 3.63) is 0 Å². The first kappa shape index (κ1) is 12.8. The van der Waals surface area contributed by atoms with Gasteiger partial charge in [0.2, 0.25) is 0 Å². The molecule has 0 radical (unpaired) electrons. The van der Waals surface area contributed by atoms with E-state index in [-0.39, 0.29) is 24.1 Å². The molecular formula is C12H20O5. The monoisotopic (exact) mass is 244 g/mol. The summed E-state index contributed by atoms with van der Waals surface area (Å²) in [4.78, 5) is 11.2. The molecule has 0 aromatic heterocycles. The van der Waals surface area contributed by atoms with E-state index in [0.29, 0.717) is 12.8 Å². The summed E-state index contributed by atoms with van der Waals surface area (Å²) in [6.07, 6.45) is -0.472. The van der Waals surface area contributed by atoms with Crippen LogP contribution in [0.15, 0.2) is 0 Å². The minimum atomic E-state index is -0.819. The van der Waals surface area contributed by atoms with Gasteiger partial charge < -0.3 is 19.7 Å². The molecule has 17 heavy (non-hydrogen) atoms. The van der Waals surface area contributed by atoms with Crippen molar-refractivity contribution in [3.63, 3.8) is 0 Å². The molecule has 6 atom stereocenters. The number of epoxide rings is 1. The fraction of sp³-hybridized carbons (Fsp3) is 0.917. The molecule has 0 spiro atoms. The van der Waals surface area contributed by atoms with Gasteiger partial charge >= 0.3 is 5.97 Å². The van der Waals surface area contributed by atoms with Crippen LogP contribution >= 0.6 is 0 Å². The van der Waals surface area contributed by atoms with Crippen molar-refractivity contribution >= 4 is 5.97 Å². The Kier molecular flexibility index (Phi) is 3.70. The first-order chi connectivity index (χ1) is 8.04. The average Bonchev–Trinajstić information content (AvgIpc) is 3.01. The summed E-state index contributed by atoms with van der Waals surface area (Å²) >= 11 is 0. The molecule has 2 heterocycles. The van der Waals surface area contributed by atoms with Crippen LogP contribution in [0, 0.1) is 5.92 Å². The maximum atomic E-state index is 11.2. The van der Waals surface area contributed by atoms with Gasteiger partial charge in [0.25, 0.3) is 0 Å². The van der Waals surface area contributed by atoms with E-state index in [1.807, 2.05) is 6.92 Å². The summed E-state index contributed by atoms with van der Waals surface area (Å²) < 4.78 is 10.4. The summed E-state index contributed by atoms with van der Waals surface area (Å²) in [5.74, 6) is -0.423. The zero-order valence-corrected chi connectivity index (χ0v) is 10.2. The molecule has 5 heteroatoms. The topological polar surface area (TPSA) is 79.3 Å². The number of carbonyl (C=O) groups excluding carboxylic acids is 1. The summed E-state index contributed by atoms with van der Waals surface area (Å²) in [5.41, 5.74) is 0. The Morgan fingerprint density at radius 3 is 2.65 bits per heavy atom. The number of ether oxygens (including phenoxy) is 2. The van der Waals surface area contributed by atoms with E-state index in [1.54, 1.807) is 6.92 Å².